The van der Waals surface area contributed by atoms with E-state index in [1.165, 1.54) is 0 Å². The molecule has 0 aliphatic heterocycles. The van der Waals surface area contributed by atoms with E-state index in [4.69, 9.17) is 5.11 Å². The van der Waals surface area contributed by atoms with Gasteiger partial charge in [-0.15, -0.1) is 0 Å². The van der Waals surface area contributed by atoms with Crippen molar-refractivity contribution < 1.29 is 9.90 Å². The van der Waals surface area contributed by atoms with E-state index in [-0.39, 0.29) is 16.4 Å². The zero-order chi connectivity index (χ0) is 14.4. The fourth-order valence-electron chi connectivity index (χ4n) is 2.91. The Labute approximate surface area is 114 Å². The summed E-state index contributed by atoms with van der Waals surface area (Å²) in [6, 6.07) is 3.33. The second-order valence-corrected chi connectivity index (χ2v) is 6.53. The Bertz CT molecular complexity index is 507. The average molecular weight is 262 g/mol. The highest BCUT2D eigenvalue weighted by atomic mass is 16.4. The summed E-state index contributed by atoms with van der Waals surface area (Å²) in [5, 5.41) is 12.4. The first-order valence-corrected chi connectivity index (χ1v) is 6.62. The Morgan fingerprint density at radius 3 is 2.37 bits per heavy atom. The molecule has 1 aromatic heterocycles. The van der Waals surface area contributed by atoms with Gasteiger partial charge in [0, 0.05) is 12.2 Å². The van der Waals surface area contributed by atoms with Crippen molar-refractivity contribution >= 4 is 11.8 Å². The molecule has 0 amide bonds. The predicted octanol–water partition coefficient (Wildman–Crippen LogP) is 3.18. The molecule has 4 nitrogen and oxygen atoms in total. The van der Waals surface area contributed by atoms with Gasteiger partial charge in [-0.2, -0.15) is 0 Å². The van der Waals surface area contributed by atoms with Crippen LogP contribution in [-0.2, 0) is 0 Å². The Morgan fingerprint density at radius 2 is 1.89 bits per heavy atom. The summed E-state index contributed by atoms with van der Waals surface area (Å²) in [5.41, 5.74) is 1.63. The summed E-state index contributed by atoms with van der Waals surface area (Å²) in [6.07, 6.45) is 0. The molecule has 2 N–H and O–H groups in total. The molecule has 1 saturated carbocycles. The fraction of sp³-hybridized carbons (Fsp3) is 0.600. The third kappa shape index (κ3) is 2.20. The van der Waals surface area contributed by atoms with Crippen molar-refractivity contribution in [1.82, 2.24) is 4.98 Å². The van der Waals surface area contributed by atoms with Gasteiger partial charge in [-0.1, -0.05) is 27.7 Å². The molecule has 0 saturated heterocycles. The van der Waals surface area contributed by atoms with E-state index in [1.54, 1.807) is 12.1 Å². The number of carbonyl (C=O) groups is 1. The van der Waals surface area contributed by atoms with E-state index in [1.807, 2.05) is 6.92 Å². The lowest BCUT2D eigenvalue weighted by molar-refractivity contribution is 0.0697. The molecular formula is C15H22N2O2. The third-order valence-corrected chi connectivity index (χ3v) is 5.06. The first kappa shape index (κ1) is 13.8. The van der Waals surface area contributed by atoms with Gasteiger partial charge in [-0.25, -0.2) is 9.78 Å². The number of aryl methyl sites for hydroxylation is 1. The van der Waals surface area contributed by atoms with Crippen molar-refractivity contribution in [3.63, 3.8) is 0 Å². The quantitative estimate of drug-likeness (QED) is 0.874. The normalized spacial score (nSPS) is 20.1. The minimum absolute atomic E-state index is 0.238. The van der Waals surface area contributed by atoms with Crippen LogP contribution in [0, 0.1) is 23.7 Å². The van der Waals surface area contributed by atoms with Crippen LogP contribution in [-0.4, -0.2) is 22.6 Å². The first-order chi connectivity index (χ1) is 8.68. The highest BCUT2D eigenvalue weighted by Crippen LogP contribution is 2.68. The lowest BCUT2D eigenvalue weighted by atomic mass is 10.0. The maximum absolute atomic E-state index is 11.2. The van der Waals surface area contributed by atoms with Crippen molar-refractivity contribution in [3.8, 4) is 0 Å². The summed E-state index contributed by atoms with van der Waals surface area (Å²) >= 11 is 0. The molecule has 2 rings (SSSR count). The van der Waals surface area contributed by atoms with Gasteiger partial charge in [-0.05, 0) is 35.8 Å². The van der Waals surface area contributed by atoms with Crippen molar-refractivity contribution in [1.29, 1.82) is 0 Å². The van der Waals surface area contributed by atoms with Gasteiger partial charge in [0.25, 0.3) is 0 Å². The third-order valence-electron chi connectivity index (χ3n) is 5.06. The van der Waals surface area contributed by atoms with Crippen LogP contribution in [0.4, 0.5) is 5.82 Å². The Kier molecular flexibility index (Phi) is 3.07. The smallest absolute Gasteiger partial charge is 0.339 e. The molecule has 0 radical (unpaired) electrons. The van der Waals surface area contributed by atoms with Crippen molar-refractivity contribution in [3.05, 3.63) is 23.4 Å². The van der Waals surface area contributed by atoms with Crippen LogP contribution in [0.25, 0.3) is 0 Å². The largest absolute Gasteiger partial charge is 0.478 e. The lowest BCUT2D eigenvalue weighted by Gasteiger charge is -2.10. The molecule has 0 unspecified atom stereocenters. The summed E-state index contributed by atoms with van der Waals surface area (Å²) in [5.74, 6) is 0.0688. The monoisotopic (exact) mass is 262 g/mol. The molecule has 0 bridgehead atoms. The van der Waals surface area contributed by atoms with Gasteiger partial charge >= 0.3 is 5.97 Å². The van der Waals surface area contributed by atoms with Crippen molar-refractivity contribution in [2.75, 3.05) is 11.9 Å². The number of rotatable bonds is 4. The number of carboxylic acid groups (broad SMARTS) is 1. The molecule has 1 heterocycles. The standard InChI is InChI=1S/C15H22N2O2/c1-9-6-7-10(13(18)19)12(17-9)16-8-11-14(2,3)15(11,4)5/h6-7,11H,8H2,1-5H3,(H,16,17)(H,18,19). The minimum atomic E-state index is -0.940. The number of carboxylic acids is 1. The number of aromatic carboxylic acids is 1. The number of aromatic nitrogens is 1. The SMILES string of the molecule is Cc1ccc(C(=O)O)c(NCC2C(C)(C)C2(C)C)n1. The van der Waals surface area contributed by atoms with Gasteiger partial charge in [0.1, 0.15) is 11.4 Å². The highest BCUT2D eigenvalue weighted by Gasteiger charge is 2.64. The number of nitrogens with one attached hydrogen (secondary N) is 1. The minimum Gasteiger partial charge on any atom is -0.478 e. The molecule has 1 aromatic rings. The van der Waals surface area contributed by atoms with Crippen LogP contribution in [0.3, 0.4) is 0 Å². The van der Waals surface area contributed by atoms with E-state index in [0.717, 1.165) is 12.2 Å². The number of anilines is 1. The Morgan fingerprint density at radius 1 is 1.32 bits per heavy atom. The van der Waals surface area contributed by atoms with Gasteiger partial charge in [0.05, 0.1) is 0 Å². The predicted molar refractivity (Wildman–Crippen MR) is 75.5 cm³/mol. The zero-order valence-electron chi connectivity index (χ0n) is 12.2. The van der Waals surface area contributed by atoms with Crippen LogP contribution in [0.15, 0.2) is 12.1 Å². The second-order valence-electron chi connectivity index (χ2n) is 6.53. The summed E-state index contributed by atoms with van der Waals surface area (Å²) in [7, 11) is 0. The number of nitrogens with zero attached hydrogens (tertiary/aromatic N) is 1. The first-order valence-electron chi connectivity index (χ1n) is 6.62. The van der Waals surface area contributed by atoms with Gasteiger partial charge in [-0.3, -0.25) is 0 Å². The Balaban J connectivity index is 2.13. The summed E-state index contributed by atoms with van der Waals surface area (Å²) in [6.45, 7) is 11.6. The summed E-state index contributed by atoms with van der Waals surface area (Å²) < 4.78 is 0. The van der Waals surface area contributed by atoms with E-state index in [0.29, 0.717) is 11.7 Å². The van der Waals surface area contributed by atoms with Gasteiger partial charge < -0.3 is 10.4 Å². The Hall–Kier alpha value is -1.58. The van der Waals surface area contributed by atoms with Crippen LogP contribution >= 0.6 is 0 Å². The van der Waals surface area contributed by atoms with Crippen LogP contribution in [0.1, 0.15) is 43.7 Å². The number of hydrogen-bond donors (Lipinski definition) is 2. The molecule has 0 aromatic carbocycles. The van der Waals surface area contributed by atoms with E-state index < -0.39 is 5.97 Å². The second kappa shape index (κ2) is 4.22. The van der Waals surface area contributed by atoms with Crippen molar-refractivity contribution in [2.45, 2.75) is 34.6 Å². The number of pyridine rings is 1. The summed E-state index contributed by atoms with van der Waals surface area (Å²) in [4.78, 5) is 15.5. The van der Waals surface area contributed by atoms with E-state index in [9.17, 15) is 4.79 Å². The molecule has 1 aliphatic rings. The molecule has 104 valence electrons. The van der Waals surface area contributed by atoms with Crippen molar-refractivity contribution in [2.24, 2.45) is 16.7 Å². The maximum Gasteiger partial charge on any atom is 0.339 e. The van der Waals surface area contributed by atoms with Crippen LogP contribution in [0.2, 0.25) is 0 Å². The molecule has 19 heavy (non-hydrogen) atoms. The molecule has 0 spiro atoms. The zero-order valence-corrected chi connectivity index (χ0v) is 12.2. The van der Waals surface area contributed by atoms with E-state index in [2.05, 4.69) is 38.0 Å². The molecule has 1 fully saturated rings. The molecule has 4 heteroatoms. The fourth-order valence-corrected chi connectivity index (χ4v) is 2.91. The molecular weight excluding hydrogens is 240 g/mol. The van der Waals surface area contributed by atoms with E-state index >= 15 is 0 Å². The van der Waals surface area contributed by atoms with Crippen LogP contribution in [0.5, 0.6) is 0 Å². The topological polar surface area (TPSA) is 62.2 Å². The number of hydrogen-bond acceptors (Lipinski definition) is 3. The maximum atomic E-state index is 11.2. The van der Waals surface area contributed by atoms with Gasteiger partial charge in [0.2, 0.25) is 0 Å². The molecule has 1 aliphatic carbocycles. The molecule has 0 atom stereocenters. The van der Waals surface area contributed by atoms with Gasteiger partial charge in [0.15, 0.2) is 0 Å². The highest BCUT2D eigenvalue weighted by molar-refractivity contribution is 5.93. The van der Waals surface area contributed by atoms with Crippen LogP contribution < -0.4 is 5.32 Å². The lowest BCUT2D eigenvalue weighted by Crippen LogP contribution is -2.13. The average Bonchev–Trinajstić information content (AvgIpc) is 2.66.